The van der Waals surface area contributed by atoms with Crippen LogP contribution in [-0.2, 0) is 13.1 Å². The molecule has 0 spiro atoms. The van der Waals surface area contributed by atoms with Crippen molar-refractivity contribution in [2.24, 2.45) is 0 Å². The zero-order valence-corrected chi connectivity index (χ0v) is 10.7. The molecule has 0 saturated heterocycles. The van der Waals surface area contributed by atoms with Crippen molar-refractivity contribution in [3.05, 3.63) is 59.7 Å². The summed E-state index contributed by atoms with van der Waals surface area (Å²) in [6.45, 7) is -1.51. The third-order valence-corrected chi connectivity index (χ3v) is 2.74. The molecule has 0 unspecified atom stereocenters. The van der Waals surface area contributed by atoms with E-state index in [-0.39, 0.29) is 11.5 Å². The molecule has 2 rings (SSSR count). The number of halogens is 2. The molecule has 2 N–H and O–H groups in total. The van der Waals surface area contributed by atoms with E-state index in [0.717, 1.165) is 11.1 Å². The van der Waals surface area contributed by atoms with Gasteiger partial charge in [0.05, 0.1) is 0 Å². The summed E-state index contributed by atoms with van der Waals surface area (Å²) in [4.78, 5) is 0. The van der Waals surface area contributed by atoms with Gasteiger partial charge < -0.3 is 15.2 Å². The van der Waals surface area contributed by atoms with Crippen molar-refractivity contribution >= 4 is 0 Å². The van der Waals surface area contributed by atoms with Crippen LogP contribution < -0.4 is 10.1 Å². The fourth-order valence-corrected chi connectivity index (χ4v) is 1.75. The third-order valence-electron chi connectivity index (χ3n) is 2.74. The maximum atomic E-state index is 12.0. The first-order valence-electron chi connectivity index (χ1n) is 6.16. The molecule has 0 fully saturated rings. The first kappa shape index (κ1) is 14.3. The lowest BCUT2D eigenvalue weighted by Gasteiger charge is -2.07. The van der Waals surface area contributed by atoms with Gasteiger partial charge in [0.25, 0.3) is 0 Å². The van der Waals surface area contributed by atoms with E-state index in [1.165, 1.54) is 12.1 Å². The quantitative estimate of drug-likeness (QED) is 0.852. The van der Waals surface area contributed by atoms with Crippen LogP contribution in [0.5, 0.6) is 11.5 Å². The van der Waals surface area contributed by atoms with E-state index < -0.39 is 6.61 Å². The number of phenolic OH excluding ortho intramolecular Hbond substituents is 1. The maximum Gasteiger partial charge on any atom is 0.387 e. The molecule has 0 aliphatic rings. The van der Waals surface area contributed by atoms with Crippen molar-refractivity contribution in [2.45, 2.75) is 19.7 Å². The zero-order chi connectivity index (χ0) is 14.4. The Balaban J connectivity index is 1.80. The van der Waals surface area contributed by atoms with Crippen LogP contribution in [-0.4, -0.2) is 11.7 Å². The molecule has 0 aromatic heterocycles. The summed E-state index contributed by atoms with van der Waals surface area (Å²) in [6, 6.07) is 13.4. The Morgan fingerprint density at radius 1 is 0.900 bits per heavy atom. The Morgan fingerprint density at radius 3 is 1.90 bits per heavy atom. The SMILES string of the molecule is Oc1ccc(CNCc2ccc(OC(F)F)cc2)cc1. The topological polar surface area (TPSA) is 41.5 Å². The van der Waals surface area contributed by atoms with Gasteiger partial charge in [-0.2, -0.15) is 8.78 Å². The molecular weight excluding hydrogens is 264 g/mol. The Hall–Kier alpha value is -2.14. The molecule has 0 radical (unpaired) electrons. The first-order chi connectivity index (χ1) is 9.63. The minimum Gasteiger partial charge on any atom is -0.508 e. The molecule has 0 heterocycles. The van der Waals surface area contributed by atoms with Gasteiger partial charge in [0.2, 0.25) is 0 Å². The second-order valence-electron chi connectivity index (χ2n) is 4.29. The number of aromatic hydroxyl groups is 1. The van der Waals surface area contributed by atoms with Gasteiger partial charge in [-0.05, 0) is 35.4 Å². The number of hydrogen-bond donors (Lipinski definition) is 2. The normalized spacial score (nSPS) is 10.8. The maximum absolute atomic E-state index is 12.0. The monoisotopic (exact) mass is 279 g/mol. The first-order valence-corrected chi connectivity index (χ1v) is 6.16. The van der Waals surface area contributed by atoms with Gasteiger partial charge >= 0.3 is 6.61 Å². The summed E-state index contributed by atoms with van der Waals surface area (Å²) in [5.74, 6) is 0.394. The van der Waals surface area contributed by atoms with Crippen LogP contribution in [0.2, 0.25) is 0 Å². The van der Waals surface area contributed by atoms with Crippen LogP contribution in [0, 0.1) is 0 Å². The lowest BCUT2D eigenvalue weighted by atomic mass is 10.2. The van der Waals surface area contributed by atoms with Crippen molar-refractivity contribution < 1.29 is 18.6 Å². The number of hydrogen-bond acceptors (Lipinski definition) is 3. The van der Waals surface area contributed by atoms with Gasteiger partial charge in [0.15, 0.2) is 0 Å². The molecule has 3 nitrogen and oxygen atoms in total. The summed E-state index contributed by atoms with van der Waals surface area (Å²) in [7, 11) is 0. The predicted octanol–water partition coefficient (Wildman–Crippen LogP) is 3.28. The highest BCUT2D eigenvalue weighted by Crippen LogP contribution is 2.15. The molecule has 0 amide bonds. The molecule has 0 saturated carbocycles. The van der Waals surface area contributed by atoms with Crippen LogP contribution in [0.4, 0.5) is 8.78 Å². The second kappa shape index (κ2) is 6.86. The zero-order valence-electron chi connectivity index (χ0n) is 10.7. The minimum atomic E-state index is -2.80. The molecule has 106 valence electrons. The number of ether oxygens (including phenoxy) is 1. The van der Waals surface area contributed by atoms with Crippen molar-refractivity contribution in [3.63, 3.8) is 0 Å². The van der Waals surface area contributed by atoms with Crippen LogP contribution in [0.1, 0.15) is 11.1 Å². The van der Waals surface area contributed by atoms with Crippen molar-refractivity contribution in [1.82, 2.24) is 5.32 Å². The molecule has 0 aliphatic heterocycles. The highest BCUT2D eigenvalue weighted by Gasteiger charge is 2.03. The summed E-state index contributed by atoms with van der Waals surface area (Å²) < 4.78 is 28.3. The lowest BCUT2D eigenvalue weighted by molar-refractivity contribution is -0.0498. The van der Waals surface area contributed by atoms with Gasteiger partial charge in [-0.25, -0.2) is 0 Å². The van der Waals surface area contributed by atoms with Crippen LogP contribution >= 0.6 is 0 Å². The number of nitrogens with one attached hydrogen (secondary N) is 1. The molecule has 0 bridgehead atoms. The van der Waals surface area contributed by atoms with Gasteiger partial charge in [0.1, 0.15) is 11.5 Å². The van der Waals surface area contributed by atoms with Gasteiger partial charge in [-0.15, -0.1) is 0 Å². The average Bonchev–Trinajstić information content (AvgIpc) is 2.42. The summed E-state index contributed by atoms with van der Waals surface area (Å²) in [5, 5.41) is 12.4. The highest BCUT2D eigenvalue weighted by atomic mass is 19.3. The third kappa shape index (κ3) is 4.51. The Kier molecular flexibility index (Phi) is 4.90. The van der Waals surface area contributed by atoms with Gasteiger partial charge in [-0.1, -0.05) is 24.3 Å². The summed E-state index contributed by atoms with van der Waals surface area (Å²) in [5.41, 5.74) is 2.03. The fraction of sp³-hybridized carbons (Fsp3) is 0.200. The molecule has 20 heavy (non-hydrogen) atoms. The van der Waals surface area contributed by atoms with E-state index in [0.29, 0.717) is 13.1 Å². The molecule has 5 heteroatoms. The highest BCUT2D eigenvalue weighted by molar-refractivity contribution is 5.28. The second-order valence-corrected chi connectivity index (χ2v) is 4.29. The number of benzene rings is 2. The summed E-state index contributed by atoms with van der Waals surface area (Å²) in [6.07, 6.45) is 0. The number of rotatable bonds is 6. The largest absolute Gasteiger partial charge is 0.508 e. The van der Waals surface area contributed by atoms with E-state index in [9.17, 15) is 8.78 Å². The van der Waals surface area contributed by atoms with Crippen LogP contribution in [0.3, 0.4) is 0 Å². The standard InChI is InChI=1S/C15H15F2NO2/c16-15(17)20-14-7-3-12(4-8-14)10-18-9-11-1-5-13(19)6-2-11/h1-8,15,18-19H,9-10H2. The van der Waals surface area contributed by atoms with E-state index in [2.05, 4.69) is 10.1 Å². The van der Waals surface area contributed by atoms with E-state index in [1.54, 1.807) is 24.3 Å². The fourth-order valence-electron chi connectivity index (χ4n) is 1.75. The van der Waals surface area contributed by atoms with Crippen molar-refractivity contribution in [1.29, 1.82) is 0 Å². The molecule has 2 aromatic rings. The number of alkyl halides is 2. The van der Waals surface area contributed by atoms with E-state index >= 15 is 0 Å². The minimum absolute atomic E-state index is 0.155. The van der Waals surface area contributed by atoms with E-state index in [4.69, 9.17) is 5.11 Å². The van der Waals surface area contributed by atoms with Crippen LogP contribution in [0.25, 0.3) is 0 Å². The smallest absolute Gasteiger partial charge is 0.387 e. The molecular formula is C15H15F2NO2. The predicted molar refractivity (Wildman–Crippen MR) is 71.7 cm³/mol. The van der Waals surface area contributed by atoms with Crippen LogP contribution in [0.15, 0.2) is 48.5 Å². The van der Waals surface area contributed by atoms with Crippen molar-refractivity contribution in [2.75, 3.05) is 0 Å². The summed E-state index contributed by atoms with van der Waals surface area (Å²) >= 11 is 0. The van der Waals surface area contributed by atoms with E-state index in [1.807, 2.05) is 12.1 Å². The number of phenols is 1. The van der Waals surface area contributed by atoms with Gasteiger partial charge in [0, 0.05) is 13.1 Å². The van der Waals surface area contributed by atoms with Crippen molar-refractivity contribution in [3.8, 4) is 11.5 Å². The Bertz CT molecular complexity index is 527. The molecule has 2 aromatic carbocycles. The van der Waals surface area contributed by atoms with Gasteiger partial charge in [-0.3, -0.25) is 0 Å². The Labute approximate surface area is 115 Å². The molecule has 0 aliphatic carbocycles. The lowest BCUT2D eigenvalue weighted by Crippen LogP contribution is -2.12. The molecule has 0 atom stereocenters. The Morgan fingerprint density at radius 2 is 1.40 bits per heavy atom. The average molecular weight is 279 g/mol.